The second kappa shape index (κ2) is 3.59. The molecule has 3 rings (SSSR count). The first-order valence-electron chi connectivity index (χ1n) is 8.28. The summed E-state index contributed by atoms with van der Waals surface area (Å²) in [4.78, 5) is 0. The van der Waals surface area contributed by atoms with Crippen LogP contribution in [0.3, 0.4) is 0 Å². The molecule has 110 valence electrons. The van der Waals surface area contributed by atoms with Crippen molar-refractivity contribution in [3.63, 3.8) is 0 Å². The van der Waals surface area contributed by atoms with Gasteiger partial charge in [-0.3, -0.25) is 0 Å². The van der Waals surface area contributed by atoms with E-state index in [4.69, 9.17) is 0 Å². The first-order valence-corrected chi connectivity index (χ1v) is 8.28. The highest BCUT2D eigenvalue weighted by atomic mass is 15.0. The molecule has 0 spiro atoms. The number of nitrogens with one attached hydrogen (secondary N) is 1. The van der Waals surface area contributed by atoms with Crippen molar-refractivity contribution in [1.29, 1.82) is 0 Å². The van der Waals surface area contributed by atoms with Gasteiger partial charge < -0.3 is 5.32 Å². The quantitative estimate of drug-likeness (QED) is 0.792. The second-order valence-corrected chi connectivity index (χ2v) is 9.57. The third-order valence-corrected chi connectivity index (χ3v) is 8.68. The van der Waals surface area contributed by atoms with Gasteiger partial charge >= 0.3 is 0 Å². The monoisotopic (exact) mass is 263 g/mol. The molecule has 0 aromatic rings. The Morgan fingerprint density at radius 1 is 0.895 bits per heavy atom. The third-order valence-electron chi connectivity index (χ3n) is 8.68. The Balaban J connectivity index is 1.65. The first-order chi connectivity index (χ1) is 8.55. The minimum Gasteiger partial charge on any atom is -0.313 e. The van der Waals surface area contributed by atoms with Crippen LogP contribution in [0.15, 0.2) is 0 Å². The zero-order valence-electron chi connectivity index (χ0n) is 14.1. The fourth-order valence-corrected chi connectivity index (χ4v) is 5.62. The molecule has 3 unspecified atom stereocenters. The molecule has 1 N–H and O–H groups in total. The van der Waals surface area contributed by atoms with Crippen molar-refractivity contribution in [2.45, 2.75) is 73.8 Å². The van der Waals surface area contributed by atoms with Crippen molar-refractivity contribution in [3.05, 3.63) is 0 Å². The summed E-state index contributed by atoms with van der Waals surface area (Å²) >= 11 is 0. The fraction of sp³-hybridized carbons (Fsp3) is 1.00. The topological polar surface area (TPSA) is 12.0 Å². The Morgan fingerprint density at radius 2 is 1.47 bits per heavy atom. The molecular weight excluding hydrogens is 230 g/mol. The van der Waals surface area contributed by atoms with E-state index in [1.807, 2.05) is 0 Å². The molecule has 1 heteroatoms. The van der Waals surface area contributed by atoms with Crippen LogP contribution in [0.5, 0.6) is 0 Å². The molecule has 0 amide bonds. The predicted molar refractivity (Wildman–Crippen MR) is 82.1 cm³/mol. The van der Waals surface area contributed by atoms with E-state index in [2.05, 4.69) is 53.8 Å². The van der Waals surface area contributed by atoms with Crippen LogP contribution in [0.1, 0.15) is 67.7 Å². The minimum atomic E-state index is 0.522. The Kier molecular flexibility index (Phi) is 2.63. The molecule has 0 saturated heterocycles. The van der Waals surface area contributed by atoms with E-state index in [0.717, 1.165) is 17.9 Å². The molecule has 0 heterocycles. The average molecular weight is 263 g/mol. The summed E-state index contributed by atoms with van der Waals surface area (Å²) in [5.74, 6) is 1.81. The van der Waals surface area contributed by atoms with E-state index in [1.54, 1.807) is 0 Å². The summed E-state index contributed by atoms with van der Waals surface area (Å²) in [6.45, 7) is 18.5. The van der Waals surface area contributed by atoms with E-state index < -0.39 is 0 Å². The second-order valence-electron chi connectivity index (χ2n) is 9.57. The molecule has 3 aliphatic carbocycles. The maximum absolute atomic E-state index is 3.98. The average Bonchev–Trinajstić information content (AvgIpc) is 2.48. The molecule has 2 bridgehead atoms. The summed E-state index contributed by atoms with van der Waals surface area (Å²) in [5, 5.41) is 3.98. The fourth-order valence-electron chi connectivity index (χ4n) is 5.62. The highest BCUT2D eigenvalue weighted by Gasteiger charge is 2.65. The largest absolute Gasteiger partial charge is 0.313 e. The smallest absolute Gasteiger partial charge is 0.0129 e. The maximum Gasteiger partial charge on any atom is 0.0129 e. The SMILES string of the molecule is CC1(C)C(CNC2CC3CCC2(C)C3(C)C)C1(C)C. The standard InChI is InChI=1S/C18H33N/c1-15(2)12-8-9-18(15,7)14(10-12)19-11-13-16(3,4)17(13,5)6/h12-14,19H,8-11H2,1-7H3. The van der Waals surface area contributed by atoms with Crippen molar-refractivity contribution < 1.29 is 0 Å². The number of rotatable bonds is 3. The molecule has 0 aromatic heterocycles. The Hall–Kier alpha value is -0.0400. The zero-order chi connectivity index (χ0) is 14.3. The van der Waals surface area contributed by atoms with E-state index >= 15 is 0 Å². The molecular formula is C18H33N. The van der Waals surface area contributed by atoms with E-state index in [1.165, 1.54) is 25.8 Å². The van der Waals surface area contributed by atoms with Crippen LogP contribution < -0.4 is 5.32 Å². The molecule has 0 radical (unpaired) electrons. The Morgan fingerprint density at radius 3 is 1.84 bits per heavy atom. The molecule has 0 aromatic carbocycles. The van der Waals surface area contributed by atoms with Gasteiger partial charge in [-0.15, -0.1) is 0 Å². The summed E-state index contributed by atoms with van der Waals surface area (Å²) in [6.07, 6.45) is 4.30. The molecule has 1 nitrogen and oxygen atoms in total. The molecule has 3 atom stereocenters. The molecule has 19 heavy (non-hydrogen) atoms. The van der Waals surface area contributed by atoms with Crippen molar-refractivity contribution in [1.82, 2.24) is 5.32 Å². The highest BCUT2D eigenvalue weighted by Crippen LogP contribution is 2.69. The van der Waals surface area contributed by atoms with Crippen LogP contribution >= 0.6 is 0 Å². The van der Waals surface area contributed by atoms with Crippen LogP contribution in [0.4, 0.5) is 0 Å². The van der Waals surface area contributed by atoms with Gasteiger partial charge in [0.2, 0.25) is 0 Å². The molecule has 0 aliphatic heterocycles. The third kappa shape index (κ3) is 1.51. The van der Waals surface area contributed by atoms with Gasteiger partial charge in [-0.2, -0.15) is 0 Å². The van der Waals surface area contributed by atoms with Crippen LogP contribution in [-0.4, -0.2) is 12.6 Å². The van der Waals surface area contributed by atoms with Crippen LogP contribution in [0.2, 0.25) is 0 Å². The zero-order valence-corrected chi connectivity index (χ0v) is 14.1. The normalized spacial score (nSPS) is 45.6. The lowest BCUT2D eigenvalue weighted by Gasteiger charge is -2.39. The lowest BCUT2D eigenvalue weighted by molar-refractivity contribution is 0.120. The van der Waals surface area contributed by atoms with Crippen molar-refractivity contribution in [2.24, 2.45) is 33.5 Å². The van der Waals surface area contributed by atoms with Gasteiger partial charge in [-0.25, -0.2) is 0 Å². The van der Waals surface area contributed by atoms with E-state index in [9.17, 15) is 0 Å². The number of hydrogen-bond acceptors (Lipinski definition) is 1. The van der Waals surface area contributed by atoms with Crippen molar-refractivity contribution >= 4 is 0 Å². The van der Waals surface area contributed by atoms with Gasteiger partial charge in [0.1, 0.15) is 0 Å². The number of fused-ring (bicyclic) bond motifs is 2. The van der Waals surface area contributed by atoms with Gasteiger partial charge in [0.25, 0.3) is 0 Å². The van der Waals surface area contributed by atoms with Crippen LogP contribution in [0.25, 0.3) is 0 Å². The van der Waals surface area contributed by atoms with Gasteiger partial charge in [-0.05, 0) is 59.3 Å². The van der Waals surface area contributed by atoms with Gasteiger partial charge in [0, 0.05) is 6.04 Å². The summed E-state index contributed by atoms with van der Waals surface area (Å²) in [5.41, 5.74) is 2.11. The summed E-state index contributed by atoms with van der Waals surface area (Å²) in [7, 11) is 0. The predicted octanol–water partition coefficient (Wildman–Crippen LogP) is 4.47. The Labute approximate surface area is 119 Å². The van der Waals surface area contributed by atoms with Gasteiger partial charge in [0.15, 0.2) is 0 Å². The highest BCUT2D eigenvalue weighted by molar-refractivity contribution is 5.16. The summed E-state index contributed by atoms with van der Waals surface area (Å²) < 4.78 is 0. The Bertz CT molecular complexity index is 378. The van der Waals surface area contributed by atoms with Gasteiger partial charge in [-0.1, -0.05) is 48.5 Å². The minimum absolute atomic E-state index is 0.522. The van der Waals surface area contributed by atoms with E-state index in [-0.39, 0.29) is 0 Å². The first kappa shape index (κ1) is 13.9. The van der Waals surface area contributed by atoms with E-state index in [0.29, 0.717) is 21.7 Å². The lowest BCUT2D eigenvalue weighted by Crippen LogP contribution is -2.45. The van der Waals surface area contributed by atoms with Crippen molar-refractivity contribution in [2.75, 3.05) is 6.54 Å². The molecule has 3 saturated carbocycles. The number of hydrogen-bond donors (Lipinski definition) is 1. The molecule has 3 aliphatic rings. The van der Waals surface area contributed by atoms with Gasteiger partial charge in [0.05, 0.1) is 0 Å². The molecule has 3 fully saturated rings. The maximum atomic E-state index is 3.98. The van der Waals surface area contributed by atoms with Crippen LogP contribution in [-0.2, 0) is 0 Å². The van der Waals surface area contributed by atoms with Crippen LogP contribution in [0, 0.1) is 33.5 Å². The summed E-state index contributed by atoms with van der Waals surface area (Å²) in [6, 6.07) is 0.758. The van der Waals surface area contributed by atoms with Crippen molar-refractivity contribution in [3.8, 4) is 0 Å². The lowest BCUT2D eigenvalue weighted by atomic mass is 9.69.